The maximum absolute atomic E-state index is 15.9. The monoisotopic (exact) mass is 1040 g/mol. The smallest absolute Gasteiger partial charge is 0.344 e. The zero-order valence-corrected chi connectivity index (χ0v) is 50.6. The van der Waals surface area contributed by atoms with Gasteiger partial charge in [0.05, 0.1) is 26.7 Å². The van der Waals surface area contributed by atoms with Gasteiger partial charge in [0.15, 0.2) is 5.71 Å². The molecule has 3 aromatic carbocycles. The molecule has 340 valence electrons. The van der Waals surface area contributed by atoms with Crippen molar-refractivity contribution in [1.29, 1.82) is 0 Å². The molecule has 4 N–H and O–H groups in total. The summed E-state index contributed by atoms with van der Waals surface area (Å²) in [6, 6.07) is 15.0. The number of hydrogen-bond donors (Lipinski definition) is 4. The molecule has 0 aromatic heterocycles. The molecule has 3 aliphatic rings. The van der Waals surface area contributed by atoms with Crippen molar-refractivity contribution >= 4 is 63.1 Å². The van der Waals surface area contributed by atoms with E-state index >= 15 is 4.39 Å². The van der Waals surface area contributed by atoms with E-state index in [1.807, 2.05) is 61.5 Å². The Kier molecular flexibility index (Phi) is 23.0. The van der Waals surface area contributed by atoms with Crippen molar-refractivity contribution in [3.63, 3.8) is 0 Å². The van der Waals surface area contributed by atoms with Crippen LogP contribution in [0, 0.1) is 5.82 Å². The fourth-order valence-electron chi connectivity index (χ4n) is 8.85. The van der Waals surface area contributed by atoms with Gasteiger partial charge in [-0.15, -0.1) is 0 Å². The molecule has 0 fully saturated rings. The molecular formula is C44H52FN2Na4O12S4+5. The Balaban J connectivity index is 0.00000385. The Hall–Kier alpha value is -0.340. The molecule has 0 bridgehead atoms. The van der Waals surface area contributed by atoms with E-state index in [1.165, 1.54) is 30.3 Å². The number of fused-ring (bicyclic) bond motifs is 2. The average Bonchev–Trinajstić information content (AvgIpc) is 3.52. The van der Waals surface area contributed by atoms with Crippen LogP contribution in [0.1, 0.15) is 89.3 Å². The van der Waals surface area contributed by atoms with Crippen molar-refractivity contribution in [1.82, 2.24) is 0 Å². The topological polar surface area (TPSA) is 224 Å². The van der Waals surface area contributed by atoms with Crippen LogP contribution in [0.3, 0.4) is 0 Å². The van der Waals surface area contributed by atoms with Crippen LogP contribution in [-0.2, 0) is 51.3 Å². The minimum atomic E-state index is -4.54. The number of unbranched alkanes of at least 4 members (excludes halogenated alkanes) is 2. The fraction of sp³-hybridized carbons (Fsp3) is 0.386. The maximum atomic E-state index is 15.9. The predicted molar refractivity (Wildman–Crippen MR) is 239 cm³/mol. The summed E-state index contributed by atoms with van der Waals surface area (Å²) in [7, 11) is -17.5. The molecular weight excluding hydrogens is 988 g/mol. The molecule has 0 unspecified atom stereocenters. The Morgan fingerprint density at radius 2 is 1.24 bits per heavy atom. The van der Waals surface area contributed by atoms with Crippen LogP contribution in [0.4, 0.5) is 15.8 Å². The van der Waals surface area contributed by atoms with Crippen molar-refractivity contribution in [2.24, 2.45) is 0 Å². The number of benzene rings is 3. The summed E-state index contributed by atoms with van der Waals surface area (Å²) in [4.78, 5) is 1.39. The van der Waals surface area contributed by atoms with Gasteiger partial charge < -0.3 is 4.90 Å². The van der Waals surface area contributed by atoms with Gasteiger partial charge in [0.1, 0.15) is 12.4 Å². The van der Waals surface area contributed by atoms with E-state index in [0.29, 0.717) is 78.8 Å². The van der Waals surface area contributed by atoms with Crippen LogP contribution < -0.4 is 123 Å². The normalized spacial score (nSPS) is 18.0. The predicted octanol–water partition coefficient (Wildman–Crippen LogP) is -4.15. The van der Waals surface area contributed by atoms with Crippen LogP contribution in [-0.4, -0.2) is 86.8 Å². The Morgan fingerprint density at radius 1 is 0.672 bits per heavy atom. The van der Waals surface area contributed by atoms with E-state index in [2.05, 4.69) is 0 Å². The van der Waals surface area contributed by atoms with E-state index in [-0.39, 0.29) is 141 Å². The molecule has 6 rings (SSSR count). The molecule has 2 heterocycles. The summed E-state index contributed by atoms with van der Waals surface area (Å²) in [5.74, 6) is -1.33. The van der Waals surface area contributed by atoms with E-state index < -0.39 is 68.6 Å². The minimum absolute atomic E-state index is 0. The van der Waals surface area contributed by atoms with Gasteiger partial charge in [-0.05, 0) is 117 Å². The molecule has 14 nitrogen and oxygen atoms in total. The van der Waals surface area contributed by atoms with Gasteiger partial charge >= 0.3 is 118 Å². The fourth-order valence-corrected chi connectivity index (χ4v) is 11.0. The quantitative estimate of drug-likeness (QED) is 0.0464. The van der Waals surface area contributed by atoms with Gasteiger partial charge in [-0.1, -0.05) is 44.2 Å². The first-order chi connectivity index (χ1) is 29.2. The van der Waals surface area contributed by atoms with Crippen molar-refractivity contribution < 1.29 is 179 Å². The van der Waals surface area contributed by atoms with Gasteiger partial charge in [-0.3, -0.25) is 18.2 Å². The summed E-state index contributed by atoms with van der Waals surface area (Å²) >= 11 is 0. The van der Waals surface area contributed by atoms with Crippen molar-refractivity contribution in [2.75, 3.05) is 29.5 Å². The van der Waals surface area contributed by atoms with Gasteiger partial charge in [-0.2, -0.15) is 38.2 Å². The average molecular weight is 1040 g/mol. The molecule has 2 aliphatic heterocycles. The number of anilines is 1. The molecule has 23 heteroatoms. The second-order valence-corrected chi connectivity index (χ2v) is 23.0. The van der Waals surface area contributed by atoms with Gasteiger partial charge in [0, 0.05) is 53.0 Å². The standard InChI is InChI=1S/C44H51FN2O12S4.4Na/c1-43(2)35-28-32(62(54,55)56)18-20-38(35)46(24-7-9-26-60(48,49)50)40(43)22-16-30-12-11-13-31(42(30)34-14-5-6-15-37(34)45)17-23-41-44(3,4)36-29-33(63(57,58)59)19-21-39(36)47(41)25-8-10-27-61(51,52)53;;;;/h5-6,14-23,28-29H,7-13,24-27H2,1-4H3,(H3-,48,49,50,51,52,53,54,55,56,57,58,59);;;;/q;4*+1/p+1. The molecule has 0 radical (unpaired) electrons. The molecule has 67 heavy (non-hydrogen) atoms. The summed E-state index contributed by atoms with van der Waals surface area (Å²) in [6.07, 6.45) is 10.4. The first kappa shape index (κ1) is 62.8. The third kappa shape index (κ3) is 15.1. The van der Waals surface area contributed by atoms with Crippen LogP contribution in [0.15, 0.2) is 112 Å². The summed E-state index contributed by atoms with van der Waals surface area (Å²) in [6.45, 7) is 8.22. The molecule has 1 aliphatic carbocycles. The van der Waals surface area contributed by atoms with E-state index in [4.69, 9.17) is 0 Å². The van der Waals surface area contributed by atoms with Crippen LogP contribution >= 0.6 is 0 Å². The van der Waals surface area contributed by atoms with E-state index in [1.54, 1.807) is 30.3 Å². The van der Waals surface area contributed by atoms with Gasteiger partial charge in [0.25, 0.3) is 40.5 Å². The van der Waals surface area contributed by atoms with Crippen molar-refractivity contribution in [3.05, 3.63) is 124 Å². The SMILES string of the molecule is CC1(C)C(/C=C/C2=C(c3ccccc3F)C(=C/C=C3/N(CCCCS(=O)(=O)O)c4ccc(S(=O)(=O)O)cc4C3(C)C)/CCC2)=[N+](CCCCS(=O)(=O)O)c2ccc(S(=O)(=O)O)cc21.[Na+].[Na+].[Na+].[Na+]. The molecule has 0 saturated carbocycles. The number of nitrogens with zero attached hydrogens (tertiary/aromatic N) is 2. The zero-order valence-electron chi connectivity index (χ0n) is 39.3. The summed E-state index contributed by atoms with van der Waals surface area (Å²) < 4.78 is 151. The summed E-state index contributed by atoms with van der Waals surface area (Å²) in [5, 5.41) is 0. The Morgan fingerprint density at radius 3 is 1.82 bits per heavy atom. The number of allylic oxidation sites excluding steroid dienone is 8. The number of rotatable bonds is 16. The zero-order chi connectivity index (χ0) is 46.3. The third-order valence-electron chi connectivity index (χ3n) is 12.0. The Labute approximate surface area is 482 Å². The van der Waals surface area contributed by atoms with Gasteiger partial charge in [0.2, 0.25) is 5.69 Å². The molecule has 3 aromatic rings. The van der Waals surface area contributed by atoms with Crippen molar-refractivity contribution in [3.8, 4) is 0 Å². The first-order valence-electron chi connectivity index (χ1n) is 20.3. The minimum Gasteiger partial charge on any atom is -0.344 e. The van der Waals surface area contributed by atoms with E-state index in [0.717, 1.165) is 22.6 Å². The largest absolute Gasteiger partial charge is 1.00 e. The third-order valence-corrected chi connectivity index (χ3v) is 15.3. The van der Waals surface area contributed by atoms with Crippen LogP contribution in [0.25, 0.3) is 5.57 Å². The molecule has 0 spiro atoms. The number of halogens is 1. The van der Waals surface area contributed by atoms with Crippen molar-refractivity contribution in [2.45, 2.75) is 93.3 Å². The molecule has 0 amide bonds. The molecule has 0 saturated heterocycles. The second-order valence-electron chi connectivity index (χ2n) is 17.0. The maximum Gasteiger partial charge on any atom is 1.00 e. The van der Waals surface area contributed by atoms with Crippen LogP contribution in [0.2, 0.25) is 0 Å². The summed E-state index contributed by atoms with van der Waals surface area (Å²) in [5.41, 5.74) is 4.95. The Bertz CT molecular complexity index is 2970. The van der Waals surface area contributed by atoms with Gasteiger partial charge in [-0.25, -0.2) is 4.39 Å². The second kappa shape index (κ2) is 24.6. The van der Waals surface area contributed by atoms with Crippen LogP contribution in [0.5, 0.6) is 0 Å². The number of hydrogen-bond acceptors (Lipinski definition) is 9. The molecule has 0 atom stereocenters. The first-order valence-corrected chi connectivity index (χ1v) is 26.4. The van der Waals surface area contributed by atoms with E-state index in [9.17, 15) is 51.9 Å².